The first-order valence-corrected chi connectivity index (χ1v) is 7.28. The summed E-state index contributed by atoms with van der Waals surface area (Å²) in [5.41, 5.74) is 0.461. The van der Waals surface area contributed by atoms with E-state index in [1.165, 1.54) is 0 Å². The highest BCUT2D eigenvalue weighted by molar-refractivity contribution is 7.92. The molecule has 0 bridgehead atoms. The Morgan fingerprint density at radius 1 is 1.16 bits per heavy atom. The van der Waals surface area contributed by atoms with Gasteiger partial charge >= 0.3 is 6.03 Å². The van der Waals surface area contributed by atoms with Crippen LogP contribution in [0.5, 0.6) is 0 Å². The van der Waals surface area contributed by atoms with Crippen LogP contribution in [0.15, 0.2) is 30.3 Å². The van der Waals surface area contributed by atoms with Crippen LogP contribution in [-0.2, 0) is 14.8 Å². The molecule has 1 saturated heterocycles. The number of amides is 3. The van der Waals surface area contributed by atoms with Gasteiger partial charge in [-0.1, -0.05) is 18.2 Å². The van der Waals surface area contributed by atoms with Crippen molar-refractivity contribution in [1.29, 1.82) is 0 Å². The third-order valence-corrected chi connectivity index (χ3v) is 3.90. The van der Waals surface area contributed by atoms with Crippen molar-refractivity contribution < 1.29 is 18.0 Å². The molecule has 1 aromatic rings. The lowest BCUT2D eigenvalue weighted by Gasteiger charge is -2.10. The van der Waals surface area contributed by atoms with Crippen LogP contribution in [-0.4, -0.2) is 32.2 Å². The number of urea groups is 1. The summed E-state index contributed by atoms with van der Waals surface area (Å²) in [4.78, 5) is 22.1. The van der Waals surface area contributed by atoms with E-state index in [1.54, 1.807) is 30.3 Å². The second-order valence-corrected chi connectivity index (χ2v) is 5.93. The van der Waals surface area contributed by atoms with E-state index >= 15 is 0 Å². The maximum atomic E-state index is 11.8. The molecular formula is C11H13N3O4S. The SMILES string of the molecule is O=C1NC(=O)C(CCS(=O)(=O)Nc2ccccc2)N1. The molecule has 1 aromatic carbocycles. The standard InChI is InChI=1S/C11H13N3O4S/c15-10-9(12-11(16)13-10)6-7-19(17,18)14-8-4-2-1-3-5-8/h1-5,9,14H,6-7H2,(H2,12,13,15,16). The van der Waals surface area contributed by atoms with Crippen molar-refractivity contribution in [3.05, 3.63) is 30.3 Å². The molecule has 0 aromatic heterocycles. The maximum Gasteiger partial charge on any atom is 0.322 e. The predicted molar refractivity (Wildman–Crippen MR) is 68.9 cm³/mol. The summed E-state index contributed by atoms with van der Waals surface area (Å²) >= 11 is 0. The smallest absolute Gasteiger partial charge is 0.322 e. The monoisotopic (exact) mass is 283 g/mol. The first-order chi connectivity index (χ1) is 8.96. The third kappa shape index (κ3) is 3.68. The summed E-state index contributed by atoms with van der Waals surface area (Å²) in [6.45, 7) is 0. The lowest BCUT2D eigenvalue weighted by molar-refractivity contribution is -0.120. The number of para-hydroxylation sites is 1. The van der Waals surface area contributed by atoms with E-state index in [2.05, 4.69) is 10.0 Å². The number of hydrogen-bond acceptors (Lipinski definition) is 4. The molecule has 1 aliphatic heterocycles. The van der Waals surface area contributed by atoms with Crippen molar-refractivity contribution in [1.82, 2.24) is 10.6 Å². The van der Waals surface area contributed by atoms with Gasteiger partial charge in [-0.05, 0) is 18.6 Å². The topological polar surface area (TPSA) is 104 Å². The highest BCUT2D eigenvalue weighted by Crippen LogP contribution is 2.09. The summed E-state index contributed by atoms with van der Waals surface area (Å²) in [5.74, 6) is -0.750. The minimum atomic E-state index is -3.54. The van der Waals surface area contributed by atoms with Crippen molar-refractivity contribution in [3.63, 3.8) is 0 Å². The molecule has 102 valence electrons. The van der Waals surface area contributed by atoms with E-state index in [-0.39, 0.29) is 12.2 Å². The molecule has 3 amide bonds. The van der Waals surface area contributed by atoms with E-state index in [9.17, 15) is 18.0 Å². The Hall–Kier alpha value is -2.09. The second-order valence-electron chi connectivity index (χ2n) is 4.09. The van der Waals surface area contributed by atoms with Crippen LogP contribution in [0.2, 0.25) is 0 Å². The van der Waals surface area contributed by atoms with Gasteiger partial charge in [0.1, 0.15) is 6.04 Å². The van der Waals surface area contributed by atoms with Gasteiger partial charge in [0.25, 0.3) is 5.91 Å². The van der Waals surface area contributed by atoms with E-state index in [1.807, 2.05) is 5.32 Å². The fourth-order valence-corrected chi connectivity index (χ4v) is 2.82. The van der Waals surface area contributed by atoms with E-state index in [4.69, 9.17) is 0 Å². The average Bonchev–Trinajstić information content (AvgIpc) is 2.66. The van der Waals surface area contributed by atoms with Crippen molar-refractivity contribution in [2.24, 2.45) is 0 Å². The van der Waals surface area contributed by atoms with Gasteiger partial charge in [-0.15, -0.1) is 0 Å². The molecular weight excluding hydrogens is 270 g/mol. The summed E-state index contributed by atoms with van der Waals surface area (Å²) < 4.78 is 26.0. The first-order valence-electron chi connectivity index (χ1n) is 5.63. The molecule has 0 radical (unpaired) electrons. The highest BCUT2D eigenvalue weighted by atomic mass is 32.2. The zero-order valence-corrected chi connectivity index (χ0v) is 10.7. The molecule has 3 N–H and O–H groups in total. The highest BCUT2D eigenvalue weighted by Gasteiger charge is 2.30. The van der Waals surface area contributed by atoms with Gasteiger partial charge in [0, 0.05) is 5.69 Å². The Bertz CT molecular complexity index is 585. The summed E-state index contributed by atoms with van der Waals surface area (Å²) in [6.07, 6.45) is 0.0275. The van der Waals surface area contributed by atoms with Gasteiger partial charge in [-0.2, -0.15) is 0 Å². The van der Waals surface area contributed by atoms with Gasteiger partial charge in [0.05, 0.1) is 5.75 Å². The quantitative estimate of drug-likeness (QED) is 0.663. The van der Waals surface area contributed by atoms with Crippen LogP contribution in [0.1, 0.15) is 6.42 Å². The predicted octanol–water partition coefficient (Wildman–Crippen LogP) is 0.0264. The molecule has 1 aliphatic rings. The van der Waals surface area contributed by atoms with Crippen LogP contribution in [0.25, 0.3) is 0 Å². The van der Waals surface area contributed by atoms with Crippen LogP contribution >= 0.6 is 0 Å². The Kier molecular flexibility index (Phi) is 3.70. The van der Waals surface area contributed by atoms with Crippen molar-refractivity contribution in [2.75, 3.05) is 10.5 Å². The number of rotatable bonds is 5. The number of benzene rings is 1. The van der Waals surface area contributed by atoms with Crippen LogP contribution in [0.3, 0.4) is 0 Å². The lowest BCUT2D eigenvalue weighted by Crippen LogP contribution is -2.32. The van der Waals surface area contributed by atoms with E-state index in [0.29, 0.717) is 5.69 Å². The number of sulfonamides is 1. The average molecular weight is 283 g/mol. The van der Waals surface area contributed by atoms with Gasteiger partial charge < -0.3 is 5.32 Å². The molecule has 2 rings (SSSR count). The van der Waals surface area contributed by atoms with Crippen LogP contribution in [0.4, 0.5) is 10.5 Å². The molecule has 0 spiro atoms. The molecule has 0 aliphatic carbocycles. The molecule has 1 unspecified atom stereocenters. The number of hydrogen-bond donors (Lipinski definition) is 3. The Morgan fingerprint density at radius 2 is 1.84 bits per heavy atom. The number of carbonyl (C=O) groups is 2. The molecule has 7 nitrogen and oxygen atoms in total. The molecule has 1 fully saturated rings. The second kappa shape index (κ2) is 5.27. The fourth-order valence-electron chi connectivity index (χ4n) is 1.67. The fraction of sp³-hybridized carbons (Fsp3) is 0.273. The minimum Gasteiger partial charge on any atom is -0.326 e. The zero-order chi connectivity index (χ0) is 13.9. The number of nitrogens with one attached hydrogen (secondary N) is 3. The van der Waals surface area contributed by atoms with Crippen LogP contribution < -0.4 is 15.4 Å². The van der Waals surface area contributed by atoms with Crippen molar-refractivity contribution >= 4 is 27.6 Å². The molecule has 1 heterocycles. The largest absolute Gasteiger partial charge is 0.326 e. The Labute approximate surface area is 110 Å². The summed E-state index contributed by atoms with van der Waals surface area (Å²) in [6, 6.07) is 7.06. The third-order valence-electron chi connectivity index (χ3n) is 2.58. The molecule has 8 heteroatoms. The normalized spacial score (nSPS) is 18.8. The van der Waals surface area contributed by atoms with Crippen molar-refractivity contribution in [3.8, 4) is 0 Å². The molecule has 0 saturated carbocycles. The Morgan fingerprint density at radius 3 is 2.42 bits per heavy atom. The number of carbonyl (C=O) groups excluding carboxylic acids is 2. The van der Waals surface area contributed by atoms with Gasteiger partial charge in [-0.25, -0.2) is 13.2 Å². The van der Waals surface area contributed by atoms with Gasteiger partial charge in [-0.3, -0.25) is 14.8 Å². The summed E-state index contributed by atoms with van der Waals surface area (Å²) in [5, 5.41) is 4.40. The Balaban J connectivity index is 1.91. The van der Waals surface area contributed by atoms with Crippen LogP contribution in [0, 0.1) is 0 Å². The van der Waals surface area contributed by atoms with Gasteiger partial charge in [0.2, 0.25) is 10.0 Å². The van der Waals surface area contributed by atoms with E-state index < -0.39 is 28.0 Å². The lowest BCUT2D eigenvalue weighted by atomic mass is 10.2. The summed E-state index contributed by atoms with van der Waals surface area (Å²) in [7, 11) is -3.54. The number of imide groups is 1. The van der Waals surface area contributed by atoms with E-state index in [0.717, 1.165) is 0 Å². The first kappa shape index (κ1) is 13.3. The zero-order valence-electron chi connectivity index (χ0n) is 9.92. The maximum absolute atomic E-state index is 11.8. The van der Waals surface area contributed by atoms with Gasteiger partial charge in [0.15, 0.2) is 0 Å². The van der Waals surface area contributed by atoms with Crippen molar-refractivity contribution in [2.45, 2.75) is 12.5 Å². The number of anilines is 1. The minimum absolute atomic E-state index is 0.0275. The molecule has 19 heavy (non-hydrogen) atoms. The molecule has 1 atom stereocenters.